The lowest BCUT2D eigenvalue weighted by Gasteiger charge is -2.28. The molecule has 1 atom stereocenters. The number of ether oxygens (including phenoxy) is 1. The molecule has 0 spiro atoms. The van der Waals surface area contributed by atoms with Gasteiger partial charge in [-0.05, 0) is 31.7 Å². The van der Waals surface area contributed by atoms with Crippen LogP contribution in [0.2, 0.25) is 5.15 Å². The van der Waals surface area contributed by atoms with E-state index in [0.29, 0.717) is 19.1 Å². The van der Waals surface area contributed by atoms with E-state index in [2.05, 4.69) is 10.3 Å². The van der Waals surface area contributed by atoms with Crippen LogP contribution in [0.25, 0.3) is 0 Å². The van der Waals surface area contributed by atoms with Gasteiger partial charge in [-0.2, -0.15) is 0 Å². The van der Waals surface area contributed by atoms with Crippen molar-refractivity contribution in [3.8, 4) is 0 Å². The highest BCUT2D eigenvalue weighted by atomic mass is 35.5. The number of nitrogens with one attached hydrogen (secondary N) is 1. The highest BCUT2D eigenvalue weighted by Gasteiger charge is 2.23. The van der Waals surface area contributed by atoms with Crippen LogP contribution in [-0.2, 0) is 4.74 Å². The zero-order valence-electron chi connectivity index (χ0n) is 10.7. The molecule has 0 saturated carbocycles. The SMILES string of the molecule is CC(NC(=O)c1cc(F)cnc1Cl)C1CCOCC1. The number of pyridine rings is 1. The Morgan fingerprint density at radius 1 is 1.58 bits per heavy atom. The number of hydrogen-bond donors (Lipinski definition) is 1. The molecule has 1 aromatic rings. The molecule has 1 aromatic heterocycles. The summed E-state index contributed by atoms with van der Waals surface area (Å²) in [6, 6.07) is 1.09. The molecule has 0 radical (unpaired) electrons. The first kappa shape index (κ1) is 14.2. The van der Waals surface area contributed by atoms with E-state index in [1.54, 1.807) is 0 Å². The Kier molecular flexibility index (Phi) is 4.71. The minimum atomic E-state index is -0.576. The van der Waals surface area contributed by atoms with Crippen molar-refractivity contribution < 1.29 is 13.9 Å². The van der Waals surface area contributed by atoms with Crippen LogP contribution in [0.5, 0.6) is 0 Å². The Morgan fingerprint density at radius 3 is 2.95 bits per heavy atom. The third kappa shape index (κ3) is 3.64. The van der Waals surface area contributed by atoms with Crippen molar-refractivity contribution in [3.05, 3.63) is 28.8 Å². The van der Waals surface area contributed by atoms with Gasteiger partial charge in [-0.25, -0.2) is 9.37 Å². The lowest BCUT2D eigenvalue weighted by Crippen LogP contribution is -2.40. The van der Waals surface area contributed by atoms with E-state index in [9.17, 15) is 9.18 Å². The third-order valence-corrected chi connectivity index (χ3v) is 3.68. The fourth-order valence-corrected chi connectivity index (χ4v) is 2.39. The van der Waals surface area contributed by atoms with Crippen LogP contribution in [0.1, 0.15) is 30.1 Å². The van der Waals surface area contributed by atoms with Crippen molar-refractivity contribution in [1.29, 1.82) is 0 Å². The molecule has 1 unspecified atom stereocenters. The molecule has 1 amide bonds. The van der Waals surface area contributed by atoms with Gasteiger partial charge in [0.05, 0.1) is 11.8 Å². The second-order valence-corrected chi connectivity index (χ2v) is 5.06. The van der Waals surface area contributed by atoms with Gasteiger partial charge < -0.3 is 10.1 Å². The molecule has 2 heterocycles. The lowest BCUT2D eigenvalue weighted by atomic mass is 9.93. The zero-order valence-corrected chi connectivity index (χ0v) is 11.4. The standard InChI is InChI=1S/C13H16ClFN2O2/c1-8(9-2-4-19-5-3-9)17-13(18)11-6-10(15)7-16-12(11)14/h6-9H,2-5H2,1H3,(H,17,18). The van der Waals surface area contributed by atoms with E-state index in [0.717, 1.165) is 25.1 Å². The van der Waals surface area contributed by atoms with Gasteiger partial charge in [0.25, 0.3) is 5.91 Å². The van der Waals surface area contributed by atoms with Crippen LogP contribution in [0.3, 0.4) is 0 Å². The van der Waals surface area contributed by atoms with Crippen molar-refractivity contribution in [2.75, 3.05) is 13.2 Å². The quantitative estimate of drug-likeness (QED) is 0.868. The Morgan fingerprint density at radius 2 is 2.26 bits per heavy atom. The maximum atomic E-state index is 13.1. The molecule has 0 aromatic carbocycles. The first-order valence-corrected chi connectivity index (χ1v) is 6.65. The van der Waals surface area contributed by atoms with Gasteiger partial charge in [0.2, 0.25) is 0 Å². The number of hydrogen-bond acceptors (Lipinski definition) is 3. The van der Waals surface area contributed by atoms with E-state index in [-0.39, 0.29) is 16.8 Å². The Hall–Kier alpha value is -1.20. The number of carbonyl (C=O) groups excluding carboxylic acids is 1. The molecule has 1 fully saturated rings. The second kappa shape index (κ2) is 6.30. The molecule has 6 heteroatoms. The van der Waals surface area contributed by atoms with E-state index >= 15 is 0 Å². The molecule has 2 rings (SSSR count). The summed E-state index contributed by atoms with van der Waals surface area (Å²) in [4.78, 5) is 15.7. The zero-order chi connectivity index (χ0) is 13.8. The predicted molar refractivity (Wildman–Crippen MR) is 69.7 cm³/mol. The molecule has 1 N–H and O–H groups in total. The maximum Gasteiger partial charge on any atom is 0.254 e. The highest BCUT2D eigenvalue weighted by Crippen LogP contribution is 2.20. The number of amides is 1. The summed E-state index contributed by atoms with van der Waals surface area (Å²) >= 11 is 5.80. The molecule has 1 saturated heterocycles. The Labute approximate surface area is 116 Å². The second-order valence-electron chi connectivity index (χ2n) is 4.70. The number of carbonyl (C=O) groups is 1. The fourth-order valence-electron chi connectivity index (χ4n) is 2.20. The van der Waals surface area contributed by atoms with Gasteiger partial charge in [0.1, 0.15) is 11.0 Å². The normalized spacial score (nSPS) is 18.1. The molecular formula is C13H16ClFN2O2. The number of halogens is 2. The van der Waals surface area contributed by atoms with Gasteiger partial charge in [-0.15, -0.1) is 0 Å². The maximum absolute atomic E-state index is 13.1. The molecule has 19 heavy (non-hydrogen) atoms. The highest BCUT2D eigenvalue weighted by molar-refractivity contribution is 6.32. The molecular weight excluding hydrogens is 271 g/mol. The number of rotatable bonds is 3. The summed E-state index contributed by atoms with van der Waals surface area (Å²) in [6.45, 7) is 3.37. The van der Waals surface area contributed by atoms with Crippen molar-refractivity contribution in [3.63, 3.8) is 0 Å². The minimum Gasteiger partial charge on any atom is -0.381 e. The first-order chi connectivity index (χ1) is 9.08. The molecule has 0 aliphatic carbocycles. The van der Waals surface area contributed by atoms with Gasteiger partial charge in [0, 0.05) is 19.3 Å². The molecule has 4 nitrogen and oxygen atoms in total. The minimum absolute atomic E-state index is 0.00395. The van der Waals surface area contributed by atoms with E-state index in [4.69, 9.17) is 16.3 Å². The summed E-state index contributed by atoms with van der Waals surface area (Å²) < 4.78 is 18.4. The van der Waals surface area contributed by atoms with Crippen molar-refractivity contribution in [1.82, 2.24) is 10.3 Å². The lowest BCUT2D eigenvalue weighted by molar-refractivity contribution is 0.0538. The summed E-state index contributed by atoms with van der Waals surface area (Å²) in [6.07, 6.45) is 2.81. The number of nitrogens with zero attached hydrogens (tertiary/aromatic N) is 1. The Bertz CT molecular complexity index is 464. The van der Waals surface area contributed by atoms with Gasteiger partial charge >= 0.3 is 0 Å². The topological polar surface area (TPSA) is 51.2 Å². The summed E-state index contributed by atoms with van der Waals surface area (Å²) in [5, 5.41) is 2.86. The smallest absolute Gasteiger partial charge is 0.254 e. The van der Waals surface area contributed by atoms with Gasteiger partial charge in [-0.3, -0.25) is 4.79 Å². The van der Waals surface area contributed by atoms with E-state index < -0.39 is 11.7 Å². The summed E-state index contributed by atoms with van der Waals surface area (Å²) in [7, 11) is 0. The van der Waals surface area contributed by atoms with Crippen molar-refractivity contribution in [2.24, 2.45) is 5.92 Å². The summed E-state index contributed by atoms with van der Waals surface area (Å²) in [5.74, 6) is -0.595. The number of aromatic nitrogens is 1. The van der Waals surface area contributed by atoms with Crippen LogP contribution in [0, 0.1) is 11.7 Å². The first-order valence-electron chi connectivity index (χ1n) is 6.27. The largest absolute Gasteiger partial charge is 0.381 e. The van der Waals surface area contributed by atoms with Crippen LogP contribution >= 0.6 is 11.6 Å². The van der Waals surface area contributed by atoms with E-state index in [1.807, 2.05) is 6.92 Å². The van der Waals surface area contributed by atoms with Crippen LogP contribution in [0.4, 0.5) is 4.39 Å². The molecule has 1 aliphatic rings. The molecule has 1 aliphatic heterocycles. The van der Waals surface area contributed by atoms with E-state index in [1.165, 1.54) is 0 Å². The molecule has 104 valence electrons. The average molecular weight is 287 g/mol. The van der Waals surface area contributed by atoms with Gasteiger partial charge in [0.15, 0.2) is 0 Å². The molecule has 0 bridgehead atoms. The predicted octanol–water partition coefficient (Wildman–Crippen LogP) is 2.42. The van der Waals surface area contributed by atoms with Crippen LogP contribution in [-0.4, -0.2) is 30.1 Å². The monoisotopic (exact) mass is 286 g/mol. The fraction of sp³-hybridized carbons (Fsp3) is 0.538. The summed E-state index contributed by atoms with van der Waals surface area (Å²) in [5.41, 5.74) is 0.0700. The van der Waals surface area contributed by atoms with Crippen molar-refractivity contribution >= 4 is 17.5 Å². The van der Waals surface area contributed by atoms with Crippen molar-refractivity contribution in [2.45, 2.75) is 25.8 Å². The van der Waals surface area contributed by atoms with Gasteiger partial charge in [-0.1, -0.05) is 11.6 Å². The Balaban J connectivity index is 2.01. The van der Waals surface area contributed by atoms with Crippen LogP contribution in [0.15, 0.2) is 12.3 Å². The third-order valence-electron chi connectivity index (χ3n) is 3.38. The van der Waals surface area contributed by atoms with Crippen LogP contribution < -0.4 is 5.32 Å². The average Bonchev–Trinajstić information content (AvgIpc) is 2.42.